The molecule has 0 radical (unpaired) electrons. The molecule has 1 aromatic carbocycles. The molecule has 6 N–H and O–H groups in total. The van der Waals surface area contributed by atoms with E-state index in [9.17, 15) is 0 Å². The van der Waals surface area contributed by atoms with E-state index < -0.39 is 0 Å². The minimum absolute atomic E-state index is 0.282. The lowest BCUT2D eigenvalue weighted by Crippen LogP contribution is -2.26. The van der Waals surface area contributed by atoms with E-state index in [4.69, 9.17) is 16.3 Å². The van der Waals surface area contributed by atoms with Crippen molar-refractivity contribution in [2.75, 3.05) is 19.2 Å². The van der Waals surface area contributed by atoms with Crippen LogP contribution in [0.1, 0.15) is 27.7 Å². The molecule has 0 spiro atoms. The van der Waals surface area contributed by atoms with Gasteiger partial charge >= 0.3 is 0 Å². The fourth-order valence-electron chi connectivity index (χ4n) is 1.14. The van der Waals surface area contributed by atoms with Gasteiger partial charge in [-0.2, -0.15) is 0 Å². The van der Waals surface area contributed by atoms with E-state index in [-0.39, 0.29) is 5.92 Å². The molecule has 0 fully saturated rings. The van der Waals surface area contributed by atoms with E-state index in [0.717, 1.165) is 17.1 Å². The summed E-state index contributed by atoms with van der Waals surface area (Å²) in [5.74, 6) is 6.95. The van der Waals surface area contributed by atoms with Gasteiger partial charge in [-0.3, -0.25) is 5.01 Å². The molecule has 116 valence electrons. The Kier molecular flexibility index (Phi) is 12.7. The van der Waals surface area contributed by atoms with E-state index in [2.05, 4.69) is 5.73 Å². The van der Waals surface area contributed by atoms with Crippen LogP contribution in [0.3, 0.4) is 0 Å². The first-order chi connectivity index (χ1) is 9.54. The van der Waals surface area contributed by atoms with Gasteiger partial charge in [0.2, 0.25) is 0 Å². The largest absolute Gasteiger partial charge is 0.497 e. The van der Waals surface area contributed by atoms with Gasteiger partial charge in [0, 0.05) is 11.9 Å². The maximum absolute atomic E-state index is 5.86. The number of hydrazine groups is 1. The number of hydrogen-bond donors (Lipinski definition) is 3. The molecule has 5 heteroatoms. The zero-order valence-corrected chi connectivity index (χ0v) is 13.6. The van der Waals surface area contributed by atoms with Crippen molar-refractivity contribution in [2.24, 2.45) is 23.2 Å². The highest BCUT2D eigenvalue weighted by Gasteiger charge is 2.02. The van der Waals surface area contributed by atoms with E-state index in [0.29, 0.717) is 0 Å². The molecule has 0 aliphatic heterocycles. The van der Waals surface area contributed by atoms with Crippen LogP contribution in [-0.4, -0.2) is 14.2 Å². The van der Waals surface area contributed by atoms with Crippen LogP contribution in [0.2, 0.25) is 0 Å². The number of hydrogen-bond acceptors (Lipinski definition) is 5. The Bertz CT molecular complexity index is 361. The van der Waals surface area contributed by atoms with Crippen molar-refractivity contribution in [1.29, 1.82) is 0 Å². The molecule has 0 unspecified atom stereocenters. The van der Waals surface area contributed by atoms with E-state index in [1.54, 1.807) is 13.3 Å². The molecule has 0 bridgehead atoms. The molecule has 0 heterocycles. The van der Waals surface area contributed by atoms with Crippen LogP contribution >= 0.6 is 0 Å². The van der Waals surface area contributed by atoms with Crippen molar-refractivity contribution < 1.29 is 4.74 Å². The Morgan fingerprint density at radius 2 is 1.60 bits per heavy atom. The smallest absolute Gasteiger partial charge is 0.119 e. The first kappa shape index (κ1) is 20.6. The normalized spacial score (nSPS) is 9.95. The van der Waals surface area contributed by atoms with Gasteiger partial charge < -0.3 is 16.2 Å². The standard InChI is InChI=1S/C12H19N3O.C2H6.CH5N/c1-9(2)12(13)8-15(14)10-4-6-11(16-3)7-5-10;2*1-2/h4-9H,13-14H2,1-3H3;1-2H3;2H2,1H3/b12-8-;;. The lowest BCUT2D eigenvalue weighted by molar-refractivity contribution is 0.415. The predicted octanol–water partition coefficient (Wildman–Crippen LogP) is 2.43. The number of nitrogens with zero attached hydrogens (tertiary/aromatic N) is 1. The number of benzene rings is 1. The summed E-state index contributed by atoms with van der Waals surface area (Å²) in [5, 5.41) is 1.51. The maximum Gasteiger partial charge on any atom is 0.119 e. The average Bonchev–Trinajstić information content (AvgIpc) is 2.51. The SMILES string of the molecule is CC.CN.COc1ccc(N(N)/C=C(\N)C(C)C)cc1. The van der Waals surface area contributed by atoms with Crippen molar-refractivity contribution in [3.8, 4) is 5.75 Å². The lowest BCUT2D eigenvalue weighted by atomic mass is 10.1. The van der Waals surface area contributed by atoms with Gasteiger partial charge in [0.1, 0.15) is 5.75 Å². The number of methoxy groups -OCH3 is 1. The highest BCUT2D eigenvalue weighted by atomic mass is 16.5. The molecule has 0 amide bonds. The van der Waals surface area contributed by atoms with Crippen molar-refractivity contribution in [2.45, 2.75) is 27.7 Å². The van der Waals surface area contributed by atoms with E-state index in [1.165, 1.54) is 12.1 Å². The summed E-state index contributed by atoms with van der Waals surface area (Å²) in [4.78, 5) is 0. The number of rotatable bonds is 4. The average molecular weight is 282 g/mol. The Labute approximate surface area is 123 Å². The molecule has 1 aromatic rings. The number of ether oxygens (including phenoxy) is 1. The van der Waals surface area contributed by atoms with Crippen molar-refractivity contribution >= 4 is 5.69 Å². The van der Waals surface area contributed by atoms with Crippen LogP contribution < -0.4 is 27.1 Å². The second kappa shape index (κ2) is 12.3. The monoisotopic (exact) mass is 282 g/mol. The molecule has 20 heavy (non-hydrogen) atoms. The van der Waals surface area contributed by atoms with Gasteiger partial charge in [-0.15, -0.1) is 0 Å². The summed E-state index contributed by atoms with van der Waals surface area (Å²) >= 11 is 0. The molecule has 0 aromatic heterocycles. The summed E-state index contributed by atoms with van der Waals surface area (Å²) < 4.78 is 5.07. The summed E-state index contributed by atoms with van der Waals surface area (Å²) in [6.07, 6.45) is 1.73. The molecule has 1 rings (SSSR count). The number of nitrogens with two attached hydrogens (primary N) is 3. The quantitative estimate of drug-likeness (QED) is 0.583. The van der Waals surface area contributed by atoms with Gasteiger partial charge in [-0.05, 0) is 37.2 Å². The van der Waals surface area contributed by atoms with E-state index >= 15 is 0 Å². The van der Waals surface area contributed by atoms with Gasteiger partial charge in [-0.1, -0.05) is 27.7 Å². The minimum atomic E-state index is 0.282. The molecule has 0 saturated carbocycles. The van der Waals surface area contributed by atoms with Gasteiger partial charge in [-0.25, -0.2) is 5.84 Å². The van der Waals surface area contributed by atoms with Gasteiger partial charge in [0.25, 0.3) is 0 Å². The highest BCUT2D eigenvalue weighted by Crippen LogP contribution is 2.18. The van der Waals surface area contributed by atoms with Crippen molar-refractivity contribution in [3.05, 3.63) is 36.2 Å². The second-order valence-electron chi connectivity index (χ2n) is 3.89. The summed E-state index contributed by atoms with van der Waals surface area (Å²) in [7, 11) is 3.13. The second-order valence-corrected chi connectivity index (χ2v) is 3.89. The van der Waals surface area contributed by atoms with Crippen LogP contribution in [0.4, 0.5) is 5.69 Å². The Balaban J connectivity index is 0. The molecular weight excluding hydrogens is 252 g/mol. The zero-order chi connectivity index (χ0) is 16.1. The van der Waals surface area contributed by atoms with Crippen LogP contribution in [0.15, 0.2) is 36.2 Å². The fraction of sp³-hybridized carbons (Fsp3) is 0.467. The van der Waals surface area contributed by atoms with Crippen molar-refractivity contribution in [3.63, 3.8) is 0 Å². The summed E-state index contributed by atoms with van der Waals surface area (Å²) in [6, 6.07) is 7.47. The zero-order valence-electron chi connectivity index (χ0n) is 13.6. The molecule has 0 aliphatic carbocycles. The lowest BCUT2D eigenvalue weighted by Gasteiger charge is -2.16. The van der Waals surface area contributed by atoms with E-state index in [1.807, 2.05) is 52.0 Å². The molecule has 0 saturated heterocycles. The van der Waals surface area contributed by atoms with Crippen molar-refractivity contribution in [1.82, 2.24) is 0 Å². The van der Waals surface area contributed by atoms with Gasteiger partial charge in [0.15, 0.2) is 0 Å². The van der Waals surface area contributed by atoms with Crippen LogP contribution in [0.25, 0.3) is 0 Å². The highest BCUT2D eigenvalue weighted by molar-refractivity contribution is 5.50. The first-order valence-electron chi connectivity index (χ1n) is 6.77. The van der Waals surface area contributed by atoms with Crippen LogP contribution in [-0.2, 0) is 0 Å². The summed E-state index contributed by atoms with van der Waals surface area (Å²) in [6.45, 7) is 8.04. The molecular formula is C15H30N4O. The molecule has 5 nitrogen and oxygen atoms in total. The topological polar surface area (TPSA) is 90.5 Å². The molecule has 0 aliphatic rings. The maximum atomic E-state index is 5.86. The first-order valence-corrected chi connectivity index (χ1v) is 6.77. The third-order valence-electron chi connectivity index (χ3n) is 2.33. The number of anilines is 1. The minimum Gasteiger partial charge on any atom is -0.497 e. The Morgan fingerprint density at radius 1 is 1.15 bits per heavy atom. The van der Waals surface area contributed by atoms with Gasteiger partial charge in [0.05, 0.1) is 12.8 Å². The Morgan fingerprint density at radius 3 is 1.95 bits per heavy atom. The fourth-order valence-corrected chi connectivity index (χ4v) is 1.14. The van der Waals surface area contributed by atoms with Crippen LogP contribution in [0.5, 0.6) is 5.75 Å². The third kappa shape index (κ3) is 7.66. The Hall–Kier alpha value is -1.72. The predicted molar refractivity (Wildman–Crippen MR) is 88.2 cm³/mol. The third-order valence-corrected chi connectivity index (χ3v) is 2.33. The number of allylic oxidation sites excluding steroid dienone is 1. The molecule has 0 atom stereocenters. The summed E-state index contributed by atoms with van der Waals surface area (Å²) in [5.41, 5.74) is 11.9. The van der Waals surface area contributed by atoms with Crippen LogP contribution in [0, 0.1) is 5.92 Å².